The molecule has 2 aromatic carbocycles. The Hall–Kier alpha value is -3.81. The van der Waals surface area contributed by atoms with E-state index in [2.05, 4.69) is 10.6 Å². The summed E-state index contributed by atoms with van der Waals surface area (Å²) in [6.07, 6.45) is 3.83. The van der Waals surface area contributed by atoms with Crippen molar-refractivity contribution in [1.82, 2.24) is 10.2 Å². The molecule has 0 spiro atoms. The second-order valence-corrected chi connectivity index (χ2v) is 7.61. The van der Waals surface area contributed by atoms with E-state index in [0.717, 1.165) is 18.5 Å². The van der Waals surface area contributed by atoms with Gasteiger partial charge < -0.3 is 25.0 Å². The summed E-state index contributed by atoms with van der Waals surface area (Å²) in [6.45, 7) is 1.91. The van der Waals surface area contributed by atoms with E-state index in [1.54, 1.807) is 37.5 Å². The summed E-state index contributed by atoms with van der Waals surface area (Å²) in [6, 6.07) is 12.2. The largest absolute Gasteiger partial charge is 0.496 e. The SMILES string of the molecule is COc1ccccc1C=C1Oc2ccc(C(=O)NCCCN3CCCC3=O)cc2NC1=O. The average molecular weight is 435 g/mol. The van der Waals surface area contributed by atoms with E-state index in [0.29, 0.717) is 48.7 Å². The number of carbonyl (C=O) groups is 3. The summed E-state index contributed by atoms with van der Waals surface area (Å²) < 4.78 is 11.1. The standard InChI is InChI=1S/C24H25N3O5/c1-31-19-7-3-2-6-16(19)15-21-24(30)26-18-14-17(9-10-20(18)32-21)23(29)25-11-5-13-27-12-4-8-22(27)28/h2-3,6-7,9-10,14-15H,4-5,8,11-13H2,1H3,(H,25,29)(H,26,30). The molecule has 2 aliphatic heterocycles. The molecule has 166 valence electrons. The number of nitrogens with zero attached hydrogens (tertiary/aromatic N) is 1. The van der Waals surface area contributed by atoms with Gasteiger partial charge in [0.25, 0.3) is 11.8 Å². The van der Waals surface area contributed by atoms with Gasteiger partial charge in [0.2, 0.25) is 5.91 Å². The van der Waals surface area contributed by atoms with Crippen LogP contribution in [0, 0.1) is 0 Å². The van der Waals surface area contributed by atoms with Crippen LogP contribution in [0.1, 0.15) is 35.2 Å². The lowest BCUT2D eigenvalue weighted by molar-refractivity contribution is -0.127. The first-order valence-electron chi connectivity index (χ1n) is 10.6. The molecular weight excluding hydrogens is 410 g/mol. The predicted octanol–water partition coefficient (Wildman–Crippen LogP) is 2.81. The van der Waals surface area contributed by atoms with Crippen LogP contribution >= 0.6 is 0 Å². The van der Waals surface area contributed by atoms with Gasteiger partial charge in [-0.2, -0.15) is 0 Å². The van der Waals surface area contributed by atoms with E-state index in [1.807, 2.05) is 23.1 Å². The molecule has 8 heteroatoms. The van der Waals surface area contributed by atoms with Crippen molar-refractivity contribution in [2.45, 2.75) is 19.3 Å². The fourth-order valence-corrected chi connectivity index (χ4v) is 3.74. The monoisotopic (exact) mass is 435 g/mol. The smallest absolute Gasteiger partial charge is 0.291 e. The molecule has 32 heavy (non-hydrogen) atoms. The minimum absolute atomic E-state index is 0.135. The second kappa shape index (κ2) is 9.55. The number of likely N-dealkylation sites (tertiary alicyclic amines) is 1. The highest BCUT2D eigenvalue weighted by molar-refractivity contribution is 6.09. The number of anilines is 1. The first kappa shape index (κ1) is 21.4. The lowest BCUT2D eigenvalue weighted by Gasteiger charge is -2.21. The first-order valence-corrected chi connectivity index (χ1v) is 10.6. The summed E-state index contributed by atoms with van der Waals surface area (Å²) in [5, 5.41) is 5.63. The van der Waals surface area contributed by atoms with Crippen molar-refractivity contribution in [3.05, 3.63) is 59.4 Å². The van der Waals surface area contributed by atoms with E-state index < -0.39 is 5.91 Å². The number of fused-ring (bicyclic) bond motifs is 1. The van der Waals surface area contributed by atoms with Crippen LogP contribution in [0.4, 0.5) is 5.69 Å². The van der Waals surface area contributed by atoms with Gasteiger partial charge in [0.05, 0.1) is 12.8 Å². The van der Waals surface area contributed by atoms with Gasteiger partial charge in [-0.1, -0.05) is 18.2 Å². The zero-order valence-corrected chi connectivity index (χ0v) is 17.8. The third kappa shape index (κ3) is 4.74. The lowest BCUT2D eigenvalue weighted by atomic mass is 10.1. The molecule has 2 aromatic rings. The number of methoxy groups -OCH3 is 1. The maximum absolute atomic E-state index is 12.5. The number of carbonyl (C=O) groups excluding carboxylic acids is 3. The summed E-state index contributed by atoms with van der Waals surface area (Å²) in [5.74, 6) is 0.746. The zero-order chi connectivity index (χ0) is 22.5. The third-order valence-corrected chi connectivity index (χ3v) is 5.42. The van der Waals surface area contributed by atoms with Gasteiger partial charge in [-0.05, 0) is 43.2 Å². The average Bonchev–Trinajstić information content (AvgIpc) is 3.21. The van der Waals surface area contributed by atoms with Crippen LogP contribution in [0.2, 0.25) is 0 Å². The Kier molecular flexibility index (Phi) is 6.39. The van der Waals surface area contributed by atoms with E-state index in [4.69, 9.17) is 9.47 Å². The molecule has 2 heterocycles. The molecule has 0 bridgehead atoms. The van der Waals surface area contributed by atoms with E-state index >= 15 is 0 Å². The van der Waals surface area contributed by atoms with Crippen molar-refractivity contribution >= 4 is 29.5 Å². The highest BCUT2D eigenvalue weighted by atomic mass is 16.5. The first-order chi connectivity index (χ1) is 15.5. The van der Waals surface area contributed by atoms with Gasteiger partial charge in [-0.25, -0.2) is 0 Å². The minimum atomic E-state index is -0.406. The summed E-state index contributed by atoms with van der Waals surface area (Å²) in [7, 11) is 1.56. The Morgan fingerprint density at radius 2 is 2.09 bits per heavy atom. The molecule has 0 atom stereocenters. The van der Waals surface area contributed by atoms with E-state index in [-0.39, 0.29) is 17.6 Å². The lowest BCUT2D eigenvalue weighted by Crippen LogP contribution is -2.30. The van der Waals surface area contributed by atoms with Crippen LogP contribution in [0.15, 0.2) is 48.2 Å². The number of rotatable bonds is 7. The molecule has 4 rings (SSSR count). The number of amides is 3. The Labute approximate surface area is 186 Å². The van der Waals surface area contributed by atoms with Crippen molar-refractivity contribution < 1.29 is 23.9 Å². The van der Waals surface area contributed by atoms with Crippen LogP contribution in [-0.4, -0.2) is 49.4 Å². The maximum atomic E-state index is 12.5. The second-order valence-electron chi connectivity index (χ2n) is 7.61. The van der Waals surface area contributed by atoms with Gasteiger partial charge in [0.1, 0.15) is 5.75 Å². The molecule has 0 aliphatic carbocycles. The van der Waals surface area contributed by atoms with Crippen molar-refractivity contribution in [3.63, 3.8) is 0 Å². The van der Waals surface area contributed by atoms with E-state index in [9.17, 15) is 14.4 Å². The molecule has 3 amide bonds. The quantitative estimate of drug-likeness (QED) is 0.515. The molecule has 0 unspecified atom stereocenters. The van der Waals surface area contributed by atoms with Crippen LogP contribution in [-0.2, 0) is 9.59 Å². The van der Waals surface area contributed by atoms with Crippen molar-refractivity contribution in [3.8, 4) is 11.5 Å². The molecule has 0 radical (unpaired) electrons. The molecule has 1 saturated heterocycles. The van der Waals surface area contributed by atoms with Crippen molar-refractivity contribution in [2.24, 2.45) is 0 Å². The molecule has 2 N–H and O–H groups in total. The summed E-state index contributed by atoms with van der Waals surface area (Å²) in [4.78, 5) is 38.5. The third-order valence-electron chi connectivity index (χ3n) is 5.42. The summed E-state index contributed by atoms with van der Waals surface area (Å²) in [5.41, 5.74) is 1.57. The fraction of sp³-hybridized carbons (Fsp3) is 0.292. The molecule has 8 nitrogen and oxygen atoms in total. The Morgan fingerprint density at radius 3 is 2.88 bits per heavy atom. The van der Waals surface area contributed by atoms with Crippen LogP contribution in [0.25, 0.3) is 6.08 Å². The Bertz CT molecular complexity index is 1080. The minimum Gasteiger partial charge on any atom is -0.496 e. The number of hydrogen-bond acceptors (Lipinski definition) is 5. The highest BCUT2D eigenvalue weighted by Crippen LogP contribution is 2.33. The Morgan fingerprint density at radius 1 is 1.25 bits per heavy atom. The predicted molar refractivity (Wildman–Crippen MR) is 119 cm³/mol. The zero-order valence-electron chi connectivity index (χ0n) is 17.8. The van der Waals surface area contributed by atoms with Crippen molar-refractivity contribution in [2.75, 3.05) is 32.1 Å². The normalized spacial score (nSPS) is 16.4. The number of benzene rings is 2. The van der Waals surface area contributed by atoms with Crippen LogP contribution < -0.4 is 20.1 Å². The number of ether oxygens (including phenoxy) is 2. The van der Waals surface area contributed by atoms with Crippen molar-refractivity contribution in [1.29, 1.82) is 0 Å². The van der Waals surface area contributed by atoms with Gasteiger partial charge >= 0.3 is 0 Å². The van der Waals surface area contributed by atoms with Gasteiger partial charge in [0.15, 0.2) is 11.5 Å². The van der Waals surface area contributed by atoms with Gasteiger partial charge in [-0.3, -0.25) is 14.4 Å². The van der Waals surface area contributed by atoms with Gasteiger partial charge in [-0.15, -0.1) is 0 Å². The maximum Gasteiger partial charge on any atom is 0.291 e. The number of hydrogen-bond donors (Lipinski definition) is 2. The van der Waals surface area contributed by atoms with Crippen LogP contribution in [0.3, 0.4) is 0 Å². The number of nitrogens with one attached hydrogen (secondary N) is 2. The fourth-order valence-electron chi connectivity index (χ4n) is 3.74. The topological polar surface area (TPSA) is 97.0 Å². The molecule has 1 fully saturated rings. The molecule has 0 aromatic heterocycles. The molecule has 0 saturated carbocycles. The highest BCUT2D eigenvalue weighted by Gasteiger charge is 2.24. The van der Waals surface area contributed by atoms with Crippen LogP contribution in [0.5, 0.6) is 11.5 Å². The summed E-state index contributed by atoms with van der Waals surface area (Å²) >= 11 is 0. The number of para-hydroxylation sites is 1. The Balaban J connectivity index is 1.38. The molecular formula is C24H25N3O5. The molecule has 2 aliphatic rings. The van der Waals surface area contributed by atoms with Gasteiger partial charge in [0, 0.05) is 37.2 Å². The van der Waals surface area contributed by atoms with E-state index in [1.165, 1.54) is 0 Å².